The fraction of sp³-hybridized carbons (Fsp3) is 0.273. The van der Waals surface area contributed by atoms with Gasteiger partial charge in [-0.2, -0.15) is 0 Å². The quantitative estimate of drug-likeness (QED) is 0.639. The molecular formula is C11H13NO4. The van der Waals surface area contributed by atoms with Gasteiger partial charge in [-0.25, -0.2) is 4.79 Å². The predicted molar refractivity (Wildman–Crippen MR) is 57.0 cm³/mol. The molecule has 0 saturated carbocycles. The Balaban J connectivity index is 3.20. The Hall–Kier alpha value is -1.72. The molecule has 4 N–H and O–H groups in total. The first kappa shape index (κ1) is 12.4. The predicted octanol–water partition coefficient (Wildman–Crippen LogP) is 0.335. The zero-order valence-corrected chi connectivity index (χ0v) is 8.75. The molecule has 0 aliphatic carbocycles. The number of carbonyl (C=O) groups is 2. The van der Waals surface area contributed by atoms with Crippen LogP contribution in [-0.2, 0) is 4.79 Å². The molecule has 5 heteroatoms. The largest absolute Gasteiger partial charge is 0.479 e. The molecular weight excluding hydrogens is 210 g/mol. The number of benzene rings is 1. The van der Waals surface area contributed by atoms with Crippen molar-refractivity contribution in [3.63, 3.8) is 0 Å². The van der Waals surface area contributed by atoms with E-state index in [1.165, 1.54) is 19.1 Å². The first-order valence-electron chi connectivity index (χ1n) is 4.74. The average molecular weight is 223 g/mol. The minimum Gasteiger partial charge on any atom is -0.479 e. The molecule has 1 unspecified atom stereocenters. The van der Waals surface area contributed by atoms with Crippen molar-refractivity contribution in [1.29, 1.82) is 0 Å². The second kappa shape index (κ2) is 4.87. The monoisotopic (exact) mass is 223 g/mol. The maximum Gasteiger partial charge on any atom is 0.337 e. The third-order valence-electron chi connectivity index (χ3n) is 2.17. The normalized spacial score (nSPS) is 14.2. The molecule has 0 aromatic heterocycles. The van der Waals surface area contributed by atoms with Crippen molar-refractivity contribution in [2.45, 2.75) is 19.1 Å². The fourth-order valence-electron chi connectivity index (χ4n) is 1.34. The number of hydrogen-bond donors (Lipinski definition) is 3. The fourth-order valence-corrected chi connectivity index (χ4v) is 1.34. The minimum atomic E-state index is -1.71. The van der Waals surface area contributed by atoms with Gasteiger partial charge in [-0.1, -0.05) is 24.3 Å². The van der Waals surface area contributed by atoms with Crippen LogP contribution in [0.2, 0.25) is 0 Å². The third-order valence-corrected chi connectivity index (χ3v) is 2.17. The zero-order valence-electron chi connectivity index (χ0n) is 8.75. The van der Waals surface area contributed by atoms with Gasteiger partial charge in [0.2, 0.25) is 0 Å². The van der Waals surface area contributed by atoms with Crippen LogP contribution < -0.4 is 5.73 Å². The maximum absolute atomic E-state index is 11.7. The van der Waals surface area contributed by atoms with Crippen molar-refractivity contribution in [1.82, 2.24) is 0 Å². The van der Waals surface area contributed by atoms with Crippen molar-refractivity contribution >= 4 is 11.8 Å². The molecule has 1 aromatic carbocycles. The first-order chi connectivity index (χ1) is 7.45. The molecule has 0 bridgehead atoms. The number of rotatable bonds is 4. The SMILES string of the molecule is C[C@H](N)C(=O)c1ccccc1C(O)C(=O)O. The molecule has 1 aromatic rings. The summed E-state index contributed by atoms with van der Waals surface area (Å²) in [6.45, 7) is 1.51. The van der Waals surface area contributed by atoms with Crippen molar-refractivity contribution in [2.75, 3.05) is 0 Å². The van der Waals surface area contributed by atoms with Crippen molar-refractivity contribution < 1.29 is 19.8 Å². The lowest BCUT2D eigenvalue weighted by atomic mass is 9.96. The highest BCUT2D eigenvalue weighted by atomic mass is 16.4. The number of carboxylic acids is 1. The molecule has 0 radical (unpaired) electrons. The molecule has 0 spiro atoms. The Morgan fingerprint density at radius 3 is 2.38 bits per heavy atom. The van der Waals surface area contributed by atoms with Gasteiger partial charge in [-0.15, -0.1) is 0 Å². The van der Waals surface area contributed by atoms with Crippen molar-refractivity contribution in [3.05, 3.63) is 35.4 Å². The van der Waals surface area contributed by atoms with Gasteiger partial charge in [0.1, 0.15) is 0 Å². The topological polar surface area (TPSA) is 101 Å². The van der Waals surface area contributed by atoms with Crippen LogP contribution in [0.4, 0.5) is 0 Å². The zero-order chi connectivity index (χ0) is 12.3. The van der Waals surface area contributed by atoms with Gasteiger partial charge in [0.05, 0.1) is 6.04 Å². The number of carboxylic acid groups (broad SMARTS) is 1. The van der Waals surface area contributed by atoms with E-state index in [1.54, 1.807) is 12.1 Å². The molecule has 2 atom stereocenters. The lowest BCUT2D eigenvalue weighted by molar-refractivity contribution is -0.146. The molecule has 0 fully saturated rings. The van der Waals surface area contributed by atoms with E-state index in [9.17, 15) is 14.7 Å². The van der Waals surface area contributed by atoms with E-state index in [0.717, 1.165) is 0 Å². The van der Waals surface area contributed by atoms with Gasteiger partial charge in [0, 0.05) is 11.1 Å². The molecule has 0 saturated heterocycles. The highest BCUT2D eigenvalue weighted by Crippen LogP contribution is 2.19. The van der Waals surface area contributed by atoms with E-state index in [2.05, 4.69) is 0 Å². The van der Waals surface area contributed by atoms with Gasteiger partial charge in [-0.3, -0.25) is 4.79 Å². The number of Topliss-reactive ketones (excluding diaryl/α,β-unsaturated/α-hetero) is 1. The number of hydrogen-bond acceptors (Lipinski definition) is 4. The van der Waals surface area contributed by atoms with Crippen LogP contribution in [0.5, 0.6) is 0 Å². The van der Waals surface area contributed by atoms with E-state index in [0.29, 0.717) is 0 Å². The average Bonchev–Trinajstić information content (AvgIpc) is 2.26. The summed E-state index contributed by atoms with van der Waals surface area (Å²) in [5, 5.41) is 18.1. The Bertz CT molecular complexity index is 414. The molecule has 0 heterocycles. The van der Waals surface area contributed by atoms with Gasteiger partial charge in [0.15, 0.2) is 11.9 Å². The highest BCUT2D eigenvalue weighted by molar-refractivity contribution is 6.01. The minimum absolute atomic E-state index is 0.0669. The Morgan fingerprint density at radius 1 is 1.31 bits per heavy atom. The van der Waals surface area contributed by atoms with Crippen molar-refractivity contribution in [3.8, 4) is 0 Å². The summed E-state index contributed by atoms with van der Waals surface area (Å²) in [6.07, 6.45) is -1.71. The second-order valence-electron chi connectivity index (χ2n) is 3.48. The Kier molecular flexibility index (Phi) is 3.76. The Morgan fingerprint density at radius 2 is 1.88 bits per heavy atom. The number of aliphatic carboxylic acids is 1. The summed E-state index contributed by atoms with van der Waals surface area (Å²) in [7, 11) is 0. The van der Waals surface area contributed by atoms with E-state index < -0.39 is 23.9 Å². The van der Waals surface area contributed by atoms with E-state index in [4.69, 9.17) is 10.8 Å². The lowest BCUT2D eigenvalue weighted by Gasteiger charge is -2.12. The standard InChI is InChI=1S/C11H13NO4/c1-6(12)9(13)7-4-2-3-5-8(7)10(14)11(15)16/h2-6,10,14H,12H2,1H3,(H,15,16)/t6-,10?/m0/s1. The van der Waals surface area contributed by atoms with E-state index in [1.807, 2.05) is 0 Å². The number of aliphatic hydroxyl groups excluding tert-OH is 1. The van der Waals surface area contributed by atoms with Gasteiger partial charge < -0.3 is 15.9 Å². The van der Waals surface area contributed by atoms with Crippen LogP contribution >= 0.6 is 0 Å². The molecule has 86 valence electrons. The number of ketones is 1. The van der Waals surface area contributed by atoms with E-state index in [-0.39, 0.29) is 11.1 Å². The summed E-state index contributed by atoms with van der Waals surface area (Å²) < 4.78 is 0. The number of aliphatic hydroxyl groups is 1. The van der Waals surface area contributed by atoms with Gasteiger partial charge in [-0.05, 0) is 6.92 Å². The molecule has 5 nitrogen and oxygen atoms in total. The molecule has 16 heavy (non-hydrogen) atoms. The molecule has 0 aliphatic heterocycles. The molecule has 0 aliphatic rings. The first-order valence-corrected chi connectivity index (χ1v) is 4.74. The number of nitrogens with two attached hydrogens (primary N) is 1. The van der Waals surface area contributed by atoms with Crippen LogP contribution in [0.3, 0.4) is 0 Å². The summed E-state index contributed by atoms with van der Waals surface area (Å²) >= 11 is 0. The van der Waals surface area contributed by atoms with Crippen LogP contribution in [0.1, 0.15) is 28.9 Å². The number of carbonyl (C=O) groups excluding carboxylic acids is 1. The van der Waals surface area contributed by atoms with Crippen molar-refractivity contribution in [2.24, 2.45) is 5.73 Å². The van der Waals surface area contributed by atoms with Crippen LogP contribution in [-0.4, -0.2) is 28.0 Å². The van der Waals surface area contributed by atoms with Crippen LogP contribution in [0, 0.1) is 0 Å². The summed E-state index contributed by atoms with van der Waals surface area (Å²) in [5.74, 6) is -1.79. The smallest absolute Gasteiger partial charge is 0.337 e. The third kappa shape index (κ3) is 2.44. The van der Waals surface area contributed by atoms with Gasteiger partial charge in [0.25, 0.3) is 0 Å². The molecule has 0 amide bonds. The highest BCUT2D eigenvalue weighted by Gasteiger charge is 2.23. The summed E-state index contributed by atoms with van der Waals surface area (Å²) in [6, 6.07) is 5.26. The van der Waals surface area contributed by atoms with E-state index >= 15 is 0 Å². The summed E-state index contributed by atoms with van der Waals surface area (Å²) in [5.41, 5.74) is 5.65. The Labute approximate surface area is 92.5 Å². The van der Waals surface area contributed by atoms with Gasteiger partial charge >= 0.3 is 5.97 Å². The van der Waals surface area contributed by atoms with Crippen LogP contribution in [0.15, 0.2) is 24.3 Å². The maximum atomic E-state index is 11.7. The molecule has 1 rings (SSSR count). The summed E-state index contributed by atoms with van der Waals surface area (Å²) in [4.78, 5) is 22.3. The lowest BCUT2D eigenvalue weighted by Crippen LogP contribution is -2.28. The second-order valence-corrected chi connectivity index (χ2v) is 3.48. The van der Waals surface area contributed by atoms with Crippen LogP contribution in [0.25, 0.3) is 0 Å².